The Balaban J connectivity index is 2.21. The standard InChI is InChI=1S/C11H19NO4/c1-3-12(4-2)5-6-16-11(13)10-9-14-7-8-15-10/h9H,3-8H2,1-2H3. The number of ether oxygens (including phenoxy) is 3. The van der Waals surface area contributed by atoms with Crippen molar-refractivity contribution in [1.82, 2.24) is 4.90 Å². The maximum atomic E-state index is 11.4. The highest BCUT2D eigenvalue weighted by Crippen LogP contribution is 2.06. The molecule has 16 heavy (non-hydrogen) atoms. The van der Waals surface area contributed by atoms with E-state index in [9.17, 15) is 4.79 Å². The molecule has 0 unspecified atom stereocenters. The number of likely N-dealkylation sites (N-methyl/N-ethyl adjacent to an activating group) is 1. The molecular weight excluding hydrogens is 210 g/mol. The first kappa shape index (κ1) is 12.8. The van der Waals surface area contributed by atoms with Crippen molar-refractivity contribution in [3.8, 4) is 0 Å². The summed E-state index contributed by atoms with van der Waals surface area (Å²) in [5.41, 5.74) is 0. The smallest absolute Gasteiger partial charge is 0.376 e. The monoisotopic (exact) mass is 229 g/mol. The first-order chi connectivity index (χ1) is 7.77. The van der Waals surface area contributed by atoms with Crippen molar-refractivity contribution in [3.05, 3.63) is 12.0 Å². The van der Waals surface area contributed by atoms with Gasteiger partial charge in [-0.05, 0) is 13.1 Å². The van der Waals surface area contributed by atoms with Gasteiger partial charge < -0.3 is 19.1 Å². The van der Waals surface area contributed by atoms with Crippen LogP contribution in [0.15, 0.2) is 12.0 Å². The van der Waals surface area contributed by atoms with Gasteiger partial charge in [0, 0.05) is 6.54 Å². The Kier molecular flexibility index (Phi) is 5.71. The lowest BCUT2D eigenvalue weighted by Crippen LogP contribution is -2.28. The summed E-state index contributed by atoms with van der Waals surface area (Å²) in [6, 6.07) is 0. The third-order valence-electron chi connectivity index (χ3n) is 2.39. The zero-order chi connectivity index (χ0) is 11.8. The van der Waals surface area contributed by atoms with Crippen LogP contribution in [0, 0.1) is 0 Å². The number of hydrogen-bond acceptors (Lipinski definition) is 5. The summed E-state index contributed by atoms with van der Waals surface area (Å²) >= 11 is 0. The van der Waals surface area contributed by atoms with Gasteiger partial charge in [-0.1, -0.05) is 13.8 Å². The summed E-state index contributed by atoms with van der Waals surface area (Å²) in [7, 11) is 0. The third-order valence-corrected chi connectivity index (χ3v) is 2.39. The number of nitrogens with zero attached hydrogens (tertiary/aromatic N) is 1. The van der Waals surface area contributed by atoms with Crippen LogP contribution in [0.4, 0.5) is 0 Å². The molecule has 0 N–H and O–H groups in total. The molecule has 92 valence electrons. The molecule has 0 amide bonds. The number of esters is 1. The molecule has 0 aromatic heterocycles. The molecule has 0 bridgehead atoms. The maximum absolute atomic E-state index is 11.4. The Morgan fingerprint density at radius 3 is 2.75 bits per heavy atom. The van der Waals surface area contributed by atoms with E-state index in [1.54, 1.807) is 0 Å². The normalized spacial score (nSPS) is 15.1. The minimum absolute atomic E-state index is 0.158. The Morgan fingerprint density at radius 1 is 1.44 bits per heavy atom. The Bertz CT molecular complexity index is 248. The van der Waals surface area contributed by atoms with E-state index >= 15 is 0 Å². The molecular formula is C11H19NO4. The minimum Gasteiger partial charge on any atom is -0.493 e. The summed E-state index contributed by atoms with van der Waals surface area (Å²) < 4.78 is 15.1. The average molecular weight is 229 g/mol. The van der Waals surface area contributed by atoms with E-state index in [2.05, 4.69) is 18.7 Å². The van der Waals surface area contributed by atoms with Crippen LogP contribution in [0.3, 0.4) is 0 Å². The summed E-state index contributed by atoms with van der Waals surface area (Å²) in [5, 5.41) is 0. The molecule has 0 aromatic rings. The van der Waals surface area contributed by atoms with Crippen LogP contribution in [0.5, 0.6) is 0 Å². The van der Waals surface area contributed by atoms with Crippen LogP contribution in [0.25, 0.3) is 0 Å². The molecule has 1 rings (SSSR count). The van der Waals surface area contributed by atoms with E-state index < -0.39 is 5.97 Å². The zero-order valence-electron chi connectivity index (χ0n) is 9.90. The third kappa shape index (κ3) is 4.10. The molecule has 0 aliphatic carbocycles. The lowest BCUT2D eigenvalue weighted by molar-refractivity contribution is -0.145. The van der Waals surface area contributed by atoms with Crippen LogP contribution >= 0.6 is 0 Å². The molecule has 1 aliphatic heterocycles. The van der Waals surface area contributed by atoms with Gasteiger partial charge in [0.2, 0.25) is 5.76 Å². The molecule has 5 nitrogen and oxygen atoms in total. The minimum atomic E-state index is -0.452. The van der Waals surface area contributed by atoms with Crippen molar-refractivity contribution in [2.24, 2.45) is 0 Å². The Morgan fingerprint density at radius 2 is 2.19 bits per heavy atom. The second-order valence-electron chi connectivity index (χ2n) is 3.36. The van der Waals surface area contributed by atoms with E-state index in [1.165, 1.54) is 6.26 Å². The fraction of sp³-hybridized carbons (Fsp3) is 0.727. The fourth-order valence-electron chi connectivity index (χ4n) is 1.35. The van der Waals surface area contributed by atoms with Gasteiger partial charge in [0.25, 0.3) is 0 Å². The molecule has 0 aromatic carbocycles. The maximum Gasteiger partial charge on any atom is 0.376 e. The molecule has 0 atom stereocenters. The SMILES string of the molecule is CCN(CC)CCOC(=O)C1=COCCO1. The second-order valence-corrected chi connectivity index (χ2v) is 3.36. The van der Waals surface area contributed by atoms with Crippen LogP contribution in [-0.4, -0.2) is 50.3 Å². The average Bonchev–Trinajstić information content (AvgIpc) is 2.35. The van der Waals surface area contributed by atoms with Gasteiger partial charge in [0.1, 0.15) is 26.1 Å². The van der Waals surface area contributed by atoms with Gasteiger partial charge in [-0.25, -0.2) is 4.79 Å². The molecule has 5 heteroatoms. The van der Waals surface area contributed by atoms with Crippen LogP contribution in [-0.2, 0) is 19.0 Å². The highest BCUT2D eigenvalue weighted by Gasteiger charge is 2.16. The number of rotatable bonds is 6. The highest BCUT2D eigenvalue weighted by molar-refractivity contribution is 5.86. The van der Waals surface area contributed by atoms with Gasteiger partial charge in [-0.2, -0.15) is 0 Å². The molecule has 0 fully saturated rings. The lowest BCUT2D eigenvalue weighted by atomic mass is 10.5. The van der Waals surface area contributed by atoms with Gasteiger partial charge in [-0.3, -0.25) is 0 Å². The Labute approximate surface area is 96.0 Å². The van der Waals surface area contributed by atoms with Crippen LogP contribution in [0.1, 0.15) is 13.8 Å². The largest absolute Gasteiger partial charge is 0.493 e. The lowest BCUT2D eigenvalue weighted by Gasteiger charge is -2.18. The van der Waals surface area contributed by atoms with Crippen molar-refractivity contribution < 1.29 is 19.0 Å². The molecule has 0 radical (unpaired) electrons. The first-order valence-corrected chi connectivity index (χ1v) is 5.62. The van der Waals surface area contributed by atoms with E-state index in [0.29, 0.717) is 19.8 Å². The van der Waals surface area contributed by atoms with Crippen molar-refractivity contribution in [3.63, 3.8) is 0 Å². The van der Waals surface area contributed by atoms with Crippen LogP contribution in [0.2, 0.25) is 0 Å². The van der Waals surface area contributed by atoms with Gasteiger partial charge >= 0.3 is 5.97 Å². The predicted octanol–water partition coefficient (Wildman–Crippen LogP) is 0.760. The van der Waals surface area contributed by atoms with Crippen LogP contribution < -0.4 is 0 Å². The summed E-state index contributed by atoms with van der Waals surface area (Å²) in [6.07, 6.45) is 1.31. The van der Waals surface area contributed by atoms with Crippen molar-refractivity contribution >= 4 is 5.97 Å². The summed E-state index contributed by atoms with van der Waals surface area (Å²) in [6.45, 7) is 8.06. The summed E-state index contributed by atoms with van der Waals surface area (Å²) in [4.78, 5) is 13.6. The van der Waals surface area contributed by atoms with Gasteiger partial charge in [-0.15, -0.1) is 0 Å². The number of carbonyl (C=O) groups is 1. The van der Waals surface area contributed by atoms with Crippen molar-refractivity contribution in [2.75, 3.05) is 39.5 Å². The highest BCUT2D eigenvalue weighted by atomic mass is 16.6. The number of hydrogen-bond donors (Lipinski definition) is 0. The van der Waals surface area contributed by atoms with Gasteiger partial charge in [0.05, 0.1) is 0 Å². The Hall–Kier alpha value is -1.23. The molecule has 1 aliphatic rings. The first-order valence-electron chi connectivity index (χ1n) is 5.62. The van der Waals surface area contributed by atoms with E-state index in [4.69, 9.17) is 14.2 Å². The number of carbonyl (C=O) groups excluding carboxylic acids is 1. The fourth-order valence-corrected chi connectivity index (χ4v) is 1.35. The van der Waals surface area contributed by atoms with Crippen molar-refractivity contribution in [1.29, 1.82) is 0 Å². The predicted molar refractivity (Wildman–Crippen MR) is 58.7 cm³/mol. The molecule has 0 spiro atoms. The van der Waals surface area contributed by atoms with E-state index in [-0.39, 0.29) is 5.76 Å². The quantitative estimate of drug-likeness (QED) is 0.629. The molecule has 1 heterocycles. The molecule has 0 saturated carbocycles. The molecule has 0 saturated heterocycles. The van der Waals surface area contributed by atoms with Crippen molar-refractivity contribution in [2.45, 2.75) is 13.8 Å². The zero-order valence-corrected chi connectivity index (χ0v) is 9.90. The second kappa shape index (κ2) is 7.11. The van der Waals surface area contributed by atoms with E-state index in [1.807, 2.05) is 0 Å². The summed E-state index contributed by atoms with van der Waals surface area (Å²) in [5.74, 6) is -0.294. The van der Waals surface area contributed by atoms with E-state index in [0.717, 1.165) is 19.6 Å². The van der Waals surface area contributed by atoms with Gasteiger partial charge in [0.15, 0.2) is 0 Å². The topological polar surface area (TPSA) is 48.0 Å².